The van der Waals surface area contributed by atoms with E-state index in [1.807, 2.05) is 30.2 Å². The Kier molecular flexibility index (Phi) is 9.03. The smallest absolute Gasteiger partial charge is 0.236 e. The zero-order valence-corrected chi connectivity index (χ0v) is 14.0. The summed E-state index contributed by atoms with van der Waals surface area (Å²) < 4.78 is 11.8. The molecule has 1 fully saturated rings. The maximum atomic E-state index is 11.8. The molecule has 1 unspecified atom stereocenters. The number of nitrogens with two attached hydrogens (primary N) is 1. The molecule has 1 atom stereocenters. The van der Waals surface area contributed by atoms with Gasteiger partial charge in [0.2, 0.25) is 5.91 Å². The second-order valence-corrected chi connectivity index (χ2v) is 6.92. The first-order valence-corrected chi connectivity index (χ1v) is 8.46. The van der Waals surface area contributed by atoms with Crippen molar-refractivity contribution in [3.8, 4) is 0 Å². The molecule has 7 heteroatoms. The second-order valence-electron chi connectivity index (χ2n) is 5.36. The molecule has 124 valence electrons. The minimum atomic E-state index is -0.203. The minimum Gasteiger partial charge on any atom is -0.340 e. The quantitative estimate of drug-likeness (QED) is 0.806. The van der Waals surface area contributed by atoms with Crippen LogP contribution in [0.2, 0.25) is 0 Å². The van der Waals surface area contributed by atoms with Gasteiger partial charge in [-0.1, -0.05) is 19.9 Å². The molecule has 0 aliphatic carbocycles. The van der Waals surface area contributed by atoms with Gasteiger partial charge in [0.25, 0.3) is 0 Å². The summed E-state index contributed by atoms with van der Waals surface area (Å²) in [4.78, 5) is 16.5. The number of thioether (sulfide) groups is 1. The summed E-state index contributed by atoms with van der Waals surface area (Å²) in [6.45, 7) is 5.48. The third-order valence-electron chi connectivity index (χ3n) is 3.18. The monoisotopic (exact) mass is 328 g/mol. The van der Waals surface area contributed by atoms with Crippen LogP contribution in [0.3, 0.4) is 0 Å². The van der Waals surface area contributed by atoms with Crippen molar-refractivity contribution in [1.82, 2.24) is 15.4 Å². The molecule has 22 heavy (non-hydrogen) atoms. The van der Waals surface area contributed by atoms with Crippen molar-refractivity contribution in [2.75, 3.05) is 19.6 Å². The Morgan fingerprint density at radius 2 is 2.41 bits per heavy atom. The summed E-state index contributed by atoms with van der Waals surface area (Å²) in [6.07, 6.45) is 4.40. The van der Waals surface area contributed by atoms with Crippen molar-refractivity contribution in [3.63, 3.8) is 0 Å². The lowest BCUT2D eigenvalue weighted by Crippen LogP contribution is -2.36. The molecule has 0 radical (unpaired) electrons. The third-order valence-corrected chi connectivity index (χ3v) is 4.34. The predicted molar refractivity (Wildman–Crippen MR) is 89.0 cm³/mol. The summed E-state index contributed by atoms with van der Waals surface area (Å²) in [6, 6.07) is 3.89. The number of hydrogen-bond donors (Lipinski definition) is 2. The Hall–Kier alpha value is -1.18. The average molecular weight is 328 g/mol. The second kappa shape index (κ2) is 10.5. The van der Waals surface area contributed by atoms with Crippen molar-refractivity contribution >= 4 is 17.7 Å². The fourth-order valence-electron chi connectivity index (χ4n) is 1.95. The van der Waals surface area contributed by atoms with Gasteiger partial charge in [-0.05, 0) is 23.3 Å². The molecule has 5 nitrogen and oxygen atoms in total. The number of nitrogens with one attached hydrogen (secondary N) is 1. The Morgan fingerprint density at radius 3 is 2.91 bits per heavy atom. The lowest BCUT2D eigenvalue weighted by molar-refractivity contribution is -0.128. The van der Waals surface area contributed by atoms with E-state index in [4.69, 9.17) is 5.73 Å². The lowest BCUT2D eigenvalue weighted by atomic mass is 10.3. The van der Waals surface area contributed by atoms with E-state index >= 15 is 0 Å². The Bertz CT molecular complexity index is 433. The van der Waals surface area contributed by atoms with Crippen LogP contribution in [0.5, 0.6) is 0 Å². The molecule has 0 saturated carbocycles. The van der Waals surface area contributed by atoms with Crippen LogP contribution in [-0.2, 0) is 10.5 Å². The van der Waals surface area contributed by atoms with Gasteiger partial charge in [-0.2, -0.15) is 17.3 Å². The van der Waals surface area contributed by atoms with Crippen LogP contribution in [0.1, 0.15) is 25.8 Å². The topological polar surface area (TPSA) is 71.2 Å². The van der Waals surface area contributed by atoms with Crippen molar-refractivity contribution < 1.29 is 9.28 Å². The maximum Gasteiger partial charge on any atom is 0.236 e. The largest absolute Gasteiger partial charge is 0.340 e. The highest BCUT2D eigenvalue weighted by Gasteiger charge is 2.24. The molecule has 1 aliphatic heterocycles. The number of aromatic nitrogens is 1. The van der Waals surface area contributed by atoms with Gasteiger partial charge in [0.15, 0.2) is 0 Å². The Balaban J connectivity index is 0.000000220. The number of pyridine rings is 1. The summed E-state index contributed by atoms with van der Waals surface area (Å²) >= 11 is 1.94. The van der Waals surface area contributed by atoms with E-state index in [0.717, 1.165) is 5.75 Å². The van der Waals surface area contributed by atoms with E-state index in [9.17, 15) is 9.28 Å². The molecular weight excluding hydrogens is 303 g/mol. The van der Waals surface area contributed by atoms with Crippen LogP contribution in [0.15, 0.2) is 24.5 Å². The number of carbonyl (C=O) groups is 1. The van der Waals surface area contributed by atoms with Gasteiger partial charge in [-0.3, -0.25) is 9.78 Å². The first-order chi connectivity index (χ1) is 10.6. The average Bonchev–Trinajstić information content (AvgIpc) is 3.03. The molecule has 0 spiro atoms. The molecular formula is C15H25FN4OS. The minimum absolute atomic E-state index is 0.0129. The highest BCUT2D eigenvalue weighted by Crippen LogP contribution is 2.15. The number of carbonyl (C=O) groups excluding carboxylic acids is 1. The first-order valence-electron chi connectivity index (χ1n) is 7.41. The number of halogens is 1. The summed E-state index contributed by atoms with van der Waals surface area (Å²) in [5.41, 5.74) is 8.08. The van der Waals surface area contributed by atoms with Gasteiger partial charge in [0, 0.05) is 31.2 Å². The molecule has 1 aromatic heterocycles. The Labute approximate surface area is 135 Å². The number of likely N-dealkylation sites (tertiary alicyclic amines) is 1. The van der Waals surface area contributed by atoms with E-state index in [-0.39, 0.29) is 18.5 Å². The van der Waals surface area contributed by atoms with Crippen LogP contribution in [0.4, 0.5) is 4.48 Å². The molecule has 1 saturated heterocycles. The Morgan fingerprint density at radius 1 is 1.64 bits per heavy atom. The molecule has 0 bridgehead atoms. The number of amides is 1. The first kappa shape index (κ1) is 18.9. The molecule has 1 aliphatic rings. The van der Waals surface area contributed by atoms with Gasteiger partial charge in [0.1, 0.15) is 0 Å². The summed E-state index contributed by atoms with van der Waals surface area (Å²) in [7, 11) is 0. The van der Waals surface area contributed by atoms with Gasteiger partial charge in [0.05, 0.1) is 12.6 Å². The number of hydrogen-bond acceptors (Lipinski definition) is 5. The number of rotatable bonds is 5. The fourth-order valence-corrected chi connectivity index (χ4v) is 2.65. The van der Waals surface area contributed by atoms with Crippen LogP contribution in [0.25, 0.3) is 0 Å². The van der Waals surface area contributed by atoms with Crippen LogP contribution in [-0.4, -0.2) is 46.7 Å². The SMILES string of the molecule is CC(C)SCc1cccnc1.NCC(=O)N1CCC(NF)C1. The molecule has 1 amide bonds. The molecule has 1 aromatic rings. The van der Waals surface area contributed by atoms with Gasteiger partial charge in [-0.15, -0.1) is 4.48 Å². The molecule has 0 aromatic carbocycles. The van der Waals surface area contributed by atoms with E-state index in [1.54, 1.807) is 10.4 Å². The normalized spacial score (nSPS) is 17.3. The zero-order valence-electron chi connectivity index (χ0n) is 13.2. The van der Waals surface area contributed by atoms with Crippen LogP contribution >= 0.6 is 11.8 Å². The van der Waals surface area contributed by atoms with Crippen LogP contribution in [0, 0.1) is 0 Å². The lowest BCUT2D eigenvalue weighted by Gasteiger charge is -2.13. The fraction of sp³-hybridized carbons (Fsp3) is 0.600. The highest BCUT2D eigenvalue weighted by atomic mass is 32.2. The summed E-state index contributed by atoms with van der Waals surface area (Å²) in [5, 5.41) is 0.704. The van der Waals surface area contributed by atoms with Crippen molar-refractivity contribution in [2.45, 2.75) is 37.3 Å². The standard InChI is InChI=1S/C9H13NS.C6H12FN3O/c1-8(2)11-7-9-4-3-5-10-6-9;7-9-5-1-2-10(4-5)6(11)3-8/h3-6,8H,7H2,1-2H3;5,9H,1-4,8H2. The molecule has 2 heterocycles. The van der Waals surface area contributed by atoms with E-state index in [1.165, 1.54) is 5.56 Å². The van der Waals surface area contributed by atoms with E-state index < -0.39 is 0 Å². The van der Waals surface area contributed by atoms with Crippen molar-refractivity contribution in [2.24, 2.45) is 5.73 Å². The van der Waals surface area contributed by atoms with E-state index in [0.29, 0.717) is 24.8 Å². The molecule has 3 N–H and O–H groups in total. The van der Waals surface area contributed by atoms with Gasteiger partial charge >= 0.3 is 0 Å². The predicted octanol–water partition coefficient (Wildman–Crippen LogP) is 1.74. The van der Waals surface area contributed by atoms with Crippen molar-refractivity contribution in [3.05, 3.63) is 30.1 Å². The van der Waals surface area contributed by atoms with Gasteiger partial charge in [-0.25, -0.2) is 0 Å². The van der Waals surface area contributed by atoms with Crippen molar-refractivity contribution in [1.29, 1.82) is 0 Å². The maximum absolute atomic E-state index is 11.8. The highest BCUT2D eigenvalue weighted by molar-refractivity contribution is 7.99. The number of nitrogens with zero attached hydrogens (tertiary/aromatic N) is 2. The third kappa shape index (κ3) is 7.20. The van der Waals surface area contributed by atoms with E-state index in [2.05, 4.69) is 24.9 Å². The zero-order chi connectivity index (χ0) is 16.4. The van der Waals surface area contributed by atoms with Gasteiger partial charge < -0.3 is 10.6 Å². The summed E-state index contributed by atoms with van der Waals surface area (Å²) in [5.74, 6) is 0.966. The van der Waals surface area contributed by atoms with Crippen LogP contribution < -0.4 is 11.3 Å². The molecule has 2 rings (SSSR count).